The summed E-state index contributed by atoms with van der Waals surface area (Å²) in [5, 5.41) is 8.69. The number of aliphatic hydroxyl groups is 1. The number of nitrogens with two attached hydrogens (primary N) is 1. The molecule has 0 aromatic rings. The van der Waals surface area contributed by atoms with Crippen LogP contribution in [0.5, 0.6) is 0 Å². The van der Waals surface area contributed by atoms with E-state index in [4.69, 9.17) is 10.8 Å². The lowest BCUT2D eigenvalue weighted by Crippen LogP contribution is -2.31. The van der Waals surface area contributed by atoms with Crippen molar-refractivity contribution in [1.29, 1.82) is 0 Å². The Balaban J connectivity index is 0.00000169. The second-order valence-corrected chi connectivity index (χ2v) is 3.98. The molecule has 5 heteroatoms. The first-order valence-corrected chi connectivity index (χ1v) is 4.78. The molecule has 86 valence electrons. The third-order valence-corrected chi connectivity index (χ3v) is 2.71. The quantitative estimate of drug-likeness (QED) is 0.777. The van der Waals surface area contributed by atoms with Gasteiger partial charge in [-0.15, -0.1) is 12.4 Å². The number of aliphatic hydroxyl groups excluding tert-OH is 1. The molecule has 3 N–H and O–H groups in total. The Hall–Kier alpha value is 0.0700. The molecule has 1 unspecified atom stereocenters. The van der Waals surface area contributed by atoms with E-state index in [-0.39, 0.29) is 43.8 Å². The predicted octanol–water partition coefficient (Wildman–Crippen LogP) is 1.94. The minimum atomic E-state index is -2.46. The number of alkyl halides is 2. The minimum Gasteiger partial charge on any atom is -0.395 e. The molecule has 0 radical (unpaired) electrons. The number of halogens is 3. The van der Waals surface area contributed by atoms with Gasteiger partial charge in [0.25, 0.3) is 0 Å². The molecule has 0 bridgehead atoms. The lowest BCUT2D eigenvalue weighted by molar-refractivity contribution is -0.0474. The summed E-state index contributed by atoms with van der Waals surface area (Å²) in [5.41, 5.74) is 5.53. The van der Waals surface area contributed by atoms with Gasteiger partial charge in [-0.05, 0) is 25.2 Å². The zero-order chi connectivity index (χ0) is 9.90. The van der Waals surface area contributed by atoms with E-state index in [1.807, 2.05) is 0 Å². The van der Waals surface area contributed by atoms with Crippen LogP contribution in [0.25, 0.3) is 0 Å². The largest absolute Gasteiger partial charge is 0.395 e. The van der Waals surface area contributed by atoms with Crippen LogP contribution in [0.4, 0.5) is 8.78 Å². The highest BCUT2D eigenvalue weighted by Gasteiger charge is 2.34. The van der Waals surface area contributed by atoms with E-state index < -0.39 is 5.92 Å². The van der Waals surface area contributed by atoms with Crippen LogP contribution in [0.15, 0.2) is 0 Å². The molecule has 0 aliphatic heterocycles. The first-order valence-electron chi connectivity index (χ1n) is 4.78. The van der Waals surface area contributed by atoms with Gasteiger partial charge in [-0.3, -0.25) is 0 Å². The van der Waals surface area contributed by atoms with Gasteiger partial charge < -0.3 is 10.8 Å². The van der Waals surface area contributed by atoms with Crippen LogP contribution in [-0.2, 0) is 0 Å². The maximum atomic E-state index is 12.7. The van der Waals surface area contributed by atoms with Crippen molar-refractivity contribution in [2.75, 3.05) is 6.61 Å². The van der Waals surface area contributed by atoms with Gasteiger partial charge in [-0.25, -0.2) is 8.78 Å². The Morgan fingerprint density at radius 3 is 2.29 bits per heavy atom. The summed E-state index contributed by atoms with van der Waals surface area (Å²) < 4.78 is 25.4. The fraction of sp³-hybridized carbons (Fsp3) is 1.00. The lowest BCUT2D eigenvalue weighted by Gasteiger charge is -2.29. The van der Waals surface area contributed by atoms with Crippen LogP contribution in [0, 0.1) is 5.92 Å². The highest BCUT2D eigenvalue weighted by atomic mass is 35.5. The summed E-state index contributed by atoms with van der Waals surface area (Å²) in [7, 11) is 0. The average molecular weight is 230 g/mol. The van der Waals surface area contributed by atoms with Gasteiger partial charge in [-0.2, -0.15) is 0 Å². The molecule has 0 saturated heterocycles. The fourth-order valence-corrected chi connectivity index (χ4v) is 1.84. The summed E-state index contributed by atoms with van der Waals surface area (Å²) >= 11 is 0. The highest BCUT2D eigenvalue weighted by molar-refractivity contribution is 5.85. The normalized spacial score (nSPS) is 24.0. The first kappa shape index (κ1) is 14.1. The Kier molecular flexibility index (Phi) is 5.86. The van der Waals surface area contributed by atoms with Crippen LogP contribution in [0.3, 0.4) is 0 Å². The van der Waals surface area contributed by atoms with Gasteiger partial charge >= 0.3 is 0 Å². The smallest absolute Gasteiger partial charge is 0.248 e. The van der Waals surface area contributed by atoms with Gasteiger partial charge in [0.15, 0.2) is 0 Å². The second kappa shape index (κ2) is 5.83. The van der Waals surface area contributed by atoms with Crippen molar-refractivity contribution in [1.82, 2.24) is 0 Å². The van der Waals surface area contributed by atoms with Crippen molar-refractivity contribution < 1.29 is 13.9 Å². The summed E-state index contributed by atoms with van der Waals surface area (Å²) in [4.78, 5) is 0. The molecular weight excluding hydrogens is 212 g/mol. The maximum absolute atomic E-state index is 12.7. The zero-order valence-electron chi connectivity index (χ0n) is 8.09. The molecule has 0 amide bonds. The highest BCUT2D eigenvalue weighted by Crippen LogP contribution is 2.37. The summed E-state index contributed by atoms with van der Waals surface area (Å²) in [6.45, 7) is -0.0487. The van der Waals surface area contributed by atoms with Crippen molar-refractivity contribution in [2.45, 2.75) is 44.1 Å². The zero-order valence-corrected chi connectivity index (χ0v) is 8.90. The van der Waals surface area contributed by atoms with E-state index in [0.717, 1.165) is 0 Å². The lowest BCUT2D eigenvalue weighted by atomic mass is 9.83. The van der Waals surface area contributed by atoms with Crippen molar-refractivity contribution in [3.63, 3.8) is 0 Å². The Labute approximate surface area is 89.3 Å². The van der Waals surface area contributed by atoms with E-state index in [2.05, 4.69) is 0 Å². The maximum Gasteiger partial charge on any atom is 0.248 e. The average Bonchev–Trinajstić information content (AvgIpc) is 2.08. The van der Waals surface area contributed by atoms with Gasteiger partial charge in [0.2, 0.25) is 5.92 Å². The van der Waals surface area contributed by atoms with Crippen molar-refractivity contribution in [3.05, 3.63) is 0 Å². The monoisotopic (exact) mass is 229 g/mol. The van der Waals surface area contributed by atoms with E-state index in [9.17, 15) is 8.78 Å². The van der Waals surface area contributed by atoms with E-state index >= 15 is 0 Å². The van der Waals surface area contributed by atoms with Gasteiger partial charge in [0.1, 0.15) is 0 Å². The molecule has 0 aromatic heterocycles. The molecule has 14 heavy (non-hydrogen) atoms. The molecule has 1 saturated carbocycles. The molecule has 0 aromatic carbocycles. The van der Waals surface area contributed by atoms with E-state index in [0.29, 0.717) is 19.3 Å². The topological polar surface area (TPSA) is 46.2 Å². The van der Waals surface area contributed by atoms with Gasteiger partial charge in [0, 0.05) is 18.9 Å². The molecule has 0 heterocycles. The van der Waals surface area contributed by atoms with Crippen LogP contribution in [-0.4, -0.2) is 23.7 Å². The molecule has 2 nitrogen and oxygen atoms in total. The molecular formula is C9H18ClF2NO. The van der Waals surface area contributed by atoms with Crippen molar-refractivity contribution in [3.8, 4) is 0 Å². The Bertz CT molecular complexity index is 159. The number of hydrogen-bond acceptors (Lipinski definition) is 2. The third kappa shape index (κ3) is 4.53. The Morgan fingerprint density at radius 1 is 1.36 bits per heavy atom. The summed E-state index contributed by atoms with van der Waals surface area (Å²) in [6.07, 6.45) is 1.72. The molecule has 1 atom stereocenters. The van der Waals surface area contributed by atoms with Crippen LogP contribution in [0.2, 0.25) is 0 Å². The number of hydrogen-bond donors (Lipinski definition) is 2. The van der Waals surface area contributed by atoms with Gasteiger partial charge in [0.05, 0.1) is 6.61 Å². The molecule has 1 rings (SSSR count). The first-order chi connectivity index (χ1) is 6.03. The van der Waals surface area contributed by atoms with Crippen LogP contribution in [0.1, 0.15) is 32.1 Å². The molecule has 1 aliphatic rings. The van der Waals surface area contributed by atoms with Gasteiger partial charge in [-0.1, -0.05) is 0 Å². The van der Waals surface area contributed by atoms with Crippen molar-refractivity contribution in [2.24, 2.45) is 11.7 Å². The van der Waals surface area contributed by atoms with Crippen LogP contribution >= 0.6 is 12.4 Å². The van der Waals surface area contributed by atoms with Crippen LogP contribution < -0.4 is 5.73 Å². The van der Waals surface area contributed by atoms with E-state index in [1.54, 1.807) is 0 Å². The van der Waals surface area contributed by atoms with Crippen molar-refractivity contribution >= 4 is 12.4 Å². The molecule has 1 aliphatic carbocycles. The third-order valence-electron chi connectivity index (χ3n) is 2.71. The fourth-order valence-electron chi connectivity index (χ4n) is 1.84. The molecule has 0 spiro atoms. The second-order valence-electron chi connectivity index (χ2n) is 3.98. The summed E-state index contributed by atoms with van der Waals surface area (Å²) in [6, 6.07) is -0.239. The standard InChI is InChI=1S/C9H17F2NO.ClH/c10-9(11)3-1-7(2-4-9)5-8(12)6-13;/h7-8,13H,1-6,12H2;1H. The summed E-state index contributed by atoms with van der Waals surface area (Å²) in [5.74, 6) is -2.18. The SMILES string of the molecule is Cl.NC(CO)CC1CCC(F)(F)CC1. The molecule has 1 fully saturated rings. The van der Waals surface area contributed by atoms with E-state index in [1.165, 1.54) is 0 Å². The Morgan fingerprint density at radius 2 is 1.86 bits per heavy atom. The number of rotatable bonds is 3. The minimum absolute atomic E-state index is 0. The predicted molar refractivity (Wildman–Crippen MR) is 53.8 cm³/mol.